The predicted octanol–water partition coefficient (Wildman–Crippen LogP) is 3.70. The normalized spacial score (nSPS) is 15.6. The highest BCUT2D eigenvalue weighted by molar-refractivity contribution is 5.91. The molecule has 0 bridgehead atoms. The summed E-state index contributed by atoms with van der Waals surface area (Å²) in [6, 6.07) is 18.6. The van der Waals surface area contributed by atoms with Crippen LogP contribution in [0.25, 0.3) is 10.8 Å². The van der Waals surface area contributed by atoms with Crippen molar-refractivity contribution in [1.29, 1.82) is 0 Å². The van der Waals surface area contributed by atoms with E-state index in [0.717, 1.165) is 38.5 Å². The fourth-order valence-corrected chi connectivity index (χ4v) is 3.49. The molecule has 0 aliphatic carbocycles. The average molecular weight is 334 g/mol. The number of rotatable bonds is 3. The summed E-state index contributed by atoms with van der Waals surface area (Å²) >= 11 is 0. The minimum absolute atomic E-state index is 0.00193. The fraction of sp³-hybridized carbons (Fsp3) is 0.286. The molecule has 1 aliphatic rings. The van der Waals surface area contributed by atoms with Crippen LogP contribution in [0.15, 0.2) is 59.0 Å². The number of hydrogen-bond acceptors (Lipinski definition) is 3. The number of hydrogen-bond donors (Lipinski definition) is 0. The molecule has 1 saturated heterocycles. The molecular formula is C21H22N2O2. The van der Waals surface area contributed by atoms with E-state index in [9.17, 15) is 4.79 Å². The summed E-state index contributed by atoms with van der Waals surface area (Å²) < 4.78 is 5.46. The summed E-state index contributed by atoms with van der Waals surface area (Å²) in [6.45, 7) is 6.03. The van der Waals surface area contributed by atoms with Gasteiger partial charge in [-0.3, -0.25) is 9.69 Å². The number of amides is 1. The van der Waals surface area contributed by atoms with Crippen LogP contribution in [0.1, 0.15) is 21.9 Å². The van der Waals surface area contributed by atoms with Gasteiger partial charge in [-0.25, -0.2) is 0 Å². The molecule has 1 aliphatic heterocycles. The molecule has 0 radical (unpaired) electrons. The smallest absolute Gasteiger partial charge is 0.289 e. The van der Waals surface area contributed by atoms with Gasteiger partial charge < -0.3 is 9.32 Å². The maximum absolute atomic E-state index is 12.5. The molecular weight excluding hydrogens is 312 g/mol. The number of benzene rings is 2. The summed E-state index contributed by atoms with van der Waals surface area (Å²) in [6.07, 6.45) is 0. The summed E-state index contributed by atoms with van der Waals surface area (Å²) in [5.41, 5.74) is 1.35. The van der Waals surface area contributed by atoms with Crippen molar-refractivity contribution in [2.45, 2.75) is 13.5 Å². The standard InChI is InChI=1S/C21H22N2O2/c1-16-9-10-20(25-16)21(24)23-13-11-22(12-14-23)15-18-7-4-6-17-5-2-3-8-19(17)18/h2-10H,11-15H2,1H3. The monoisotopic (exact) mass is 334 g/mol. The van der Waals surface area contributed by atoms with Gasteiger partial charge in [-0.05, 0) is 35.4 Å². The lowest BCUT2D eigenvalue weighted by atomic mass is 10.0. The van der Waals surface area contributed by atoms with Crippen LogP contribution in [0.3, 0.4) is 0 Å². The largest absolute Gasteiger partial charge is 0.456 e. The summed E-state index contributed by atoms with van der Waals surface area (Å²) in [7, 11) is 0. The van der Waals surface area contributed by atoms with Gasteiger partial charge in [0.1, 0.15) is 5.76 Å². The van der Waals surface area contributed by atoms with Gasteiger partial charge in [0, 0.05) is 32.7 Å². The number of fused-ring (bicyclic) bond motifs is 1. The van der Waals surface area contributed by atoms with Gasteiger partial charge in [0.2, 0.25) is 0 Å². The maximum Gasteiger partial charge on any atom is 0.289 e. The summed E-state index contributed by atoms with van der Waals surface area (Å²) in [5, 5.41) is 2.59. The van der Waals surface area contributed by atoms with Crippen LogP contribution in [0.5, 0.6) is 0 Å². The number of carbonyl (C=O) groups is 1. The Balaban J connectivity index is 1.41. The Hall–Kier alpha value is -2.59. The lowest BCUT2D eigenvalue weighted by Crippen LogP contribution is -2.48. The van der Waals surface area contributed by atoms with Crippen molar-refractivity contribution in [2.75, 3.05) is 26.2 Å². The van der Waals surface area contributed by atoms with E-state index in [-0.39, 0.29) is 5.91 Å². The third-order valence-electron chi connectivity index (χ3n) is 4.88. The van der Waals surface area contributed by atoms with E-state index in [1.165, 1.54) is 16.3 Å². The molecule has 1 amide bonds. The number of aryl methyl sites for hydroxylation is 1. The van der Waals surface area contributed by atoms with Crippen LogP contribution in [0.2, 0.25) is 0 Å². The van der Waals surface area contributed by atoms with Gasteiger partial charge in [-0.2, -0.15) is 0 Å². The topological polar surface area (TPSA) is 36.7 Å². The van der Waals surface area contributed by atoms with E-state index >= 15 is 0 Å². The Bertz CT molecular complexity index is 886. The second-order valence-electron chi connectivity index (χ2n) is 6.62. The van der Waals surface area contributed by atoms with Crippen molar-refractivity contribution >= 4 is 16.7 Å². The third kappa shape index (κ3) is 3.30. The van der Waals surface area contributed by atoms with E-state index in [1.54, 1.807) is 6.07 Å². The zero-order chi connectivity index (χ0) is 17.2. The molecule has 0 N–H and O–H groups in total. The van der Waals surface area contributed by atoms with Crippen LogP contribution < -0.4 is 0 Å². The van der Waals surface area contributed by atoms with Gasteiger partial charge in [0.15, 0.2) is 5.76 Å². The first-order valence-corrected chi connectivity index (χ1v) is 8.75. The van der Waals surface area contributed by atoms with Crippen LogP contribution in [-0.4, -0.2) is 41.9 Å². The van der Waals surface area contributed by atoms with Gasteiger partial charge in [0.05, 0.1) is 0 Å². The first-order valence-electron chi connectivity index (χ1n) is 8.75. The summed E-state index contributed by atoms with van der Waals surface area (Å²) in [5.74, 6) is 1.22. The molecule has 0 unspecified atom stereocenters. The van der Waals surface area contributed by atoms with Crippen molar-refractivity contribution in [3.8, 4) is 0 Å². The van der Waals surface area contributed by atoms with E-state index in [2.05, 4.69) is 47.4 Å². The van der Waals surface area contributed by atoms with Crippen molar-refractivity contribution in [3.63, 3.8) is 0 Å². The molecule has 1 fully saturated rings. The predicted molar refractivity (Wildman–Crippen MR) is 98.6 cm³/mol. The lowest BCUT2D eigenvalue weighted by Gasteiger charge is -2.34. The third-order valence-corrected chi connectivity index (χ3v) is 4.88. The Labute approximate surface area is 147 Å². The first kappa shape index (κ1) is 15.9. The van der Waals surface area contributed by atoms with E-state index < -0.39 is 0 Å². The molecule has 25 heavy (non-hydrogen) atoms. The van der Waals surface area contributed by atoms with Gasteiger partial charge in [-0.1, -0.05) is 42.5 Å². The van der Waals surface area contributed by atoms with Crippen LogP contribution in [-0.2, 0) is 6.54 Å². The zero-order valence-electron chi connectivity index (χ0n) is 14.4. The quantitative estimate of drug-likeness (QED) is 0.733. The molecule has 0 spiro atoms. The molecule has 128 valence electrons. The van der Waals surface area contributed by atoms with E-state index in [0.29, 0.717) is 5.76 Å². The molecule has 1 aromatic heterocycles. The lowest BCUT2D eigenvalue weighted by molar-refractivity contribution is 0.0597. The molecule has 4 nitrogen and oxygen atoms in total. The molecule has 3 aromatic rings. The van der Waals surface area contributed by atoms with Crippen molar-refractivity contribution < 1.29 is 9.21 Å². The fourth-order valence-electron chi connectivity index (χ4n) is 3.49. The molecule has 4 rings (SSSR count). The number of carbonyl (C=O) groups excluding carboxylic acids is 1. The second kappa shape index (κ2) is 6.73. The Morgan fingerprint density at radius 1 is 0.960 bits per heavy atom. The molecule has 4 heteroatoms. The van der Waals surface area contributed by atoms with Crippen molar-refractivity contribution in [2.24, 2.45) is 0 Å². The zero-order valence-corrected chi connectivity index (χ0v) is 14.4. The molecule has 2 heterocycles. The Morgan fingerprint density at radius 2 is 1.72 bits per heavy atom. The van der Waals surface area contributed by atoms with E-state index in [4.69, 9.17) is 4.42 Å². The Morgan fingerprint density at radius 3 is 2.48 bits per heavy atom. The van der Waals surface area contributed by atoms with Crippen LogP contribution in [0, 0.1) is 6.92 Å². The van der Waals surface area contributed by atoms with Crippen molar-refractivity contribution in [3.05, 3.63) is 71.7 Å². The molecule has 0 atom stereocenters. The van der Waals surface area contributed by atoms with Crippen molar-refractivity contribution in [1.82, 2.24) is 9.80 Å². The van der Waals surface area contributed by atoms with Crippen LogP contribution >= 0.6 is 0 Å². The minimum atomic E-state index is -0.00193. The average Bonchev–Trinajstić information content (AvgIpc) is 3.08. The number of piperazine rings is 1. The second-order valence-corrected chi connectivity index (χ2v) is 6.62. The highest BCUT2D eigenvalue weighted by Gasteiger charge is 2.24. The van der Waals surface area contributed by atoms with Crippen LogP contribution in [0.4, 0.5) is 0 Å². The van der Waals surface area contributed by atoms with Gasteiger partial charge in [-0.15, -0.1) is 0 Å². The minimum Gasteiger partial charge on any atom is -0.456 e. The highest BCUT2D eigenvalue weighted by atomic mass is 16.3. The number of furan rings is 1. The molecule has 0 saturated carbocycles. The Kier molecular flexibility index (Phi) is 4.28. The number of nitrogens with zero attached hydrogens (tertiary/aromatic N) is 2. The molecule has 2 aromatic carbocycles. The highest BCUT2D eigenvalue weighted by Crippen LogP contribution is 2.21. The van der Waals surface area contributed by atoms with Gasteiger partial charge >= 0.3 is 0 Å². The summed E-state index contributed by atoms with van der Waals surface area (Å²) in [4.78, 5) is 16.8. The first-order chi connectivity index (χ1) is 12.2. The van der Waals surface area contributed by atoms with Gasteiger partial charge in [0.25, 0.3) is 5.91 Å². The van der Waals surface area contributed by atoms with E-state index in [1.807, 2.05) is 17.9 Å². The maximum atomic E-state index is 12.5. The SMILES string of the molecule is Cc1ccc(C(=O)N2CCN(Cc3cccc4ccccc34)CC2)o1.